The van der Waals surface area contributed by atoms with Crippen LogP contribution in [0.4, 0.5) is 0 Å². The molecule has 88 valence electrons. The third kappa shape index (κ3) is 2.83. The Morgan fingerprint density at radius 3 is 2.50 bits per heavy atom. The van der Waals surface area contributed by atoms with E-state index < -0.39 is 30.7 Å². The van der Waals surface area contributed by atoms with E-state index in [0.717, 1.165) is 0 Å². The van der Waals surface area contributed by atoms with Gasteiger partial charge in [0.05, 0.1) is 6.61 Å². The van der Waals surface area contributed by atoms with Crippen LogP contribution in [0.1, 0.15) is 10.5 Å². The predicted octanol–water partition coefficient (Wildman–Crippen LogP) is -1.66. The van der Waals surface area contributed by atoms with E-state index in [0.29, 0.717) is 0 Å². The second-order valence-electron chi connectivity index (χ2n) is 3.26. The first kappa shape index (κ1) is 12.7. The highest BCUT2D eigenvalue weighted by molar-refractivity contribution is 5.97. The van der Waals surface area contributed by atoms with Crippen molar-refractivity contribution >= 4 is 5.78 Å². The Morgan fingerprint density at radius 1 is 1.31 bits per heavy atom. The van der Waals surface area contributed by atoms with Crippen LogP contribution < -0.4 is 0 Å². The van der Waals surface area contributed by atoms with Gasteiger partial charge in [0.2, 0.25) is 5.78 Å². The summed E-state index contributed by atoms with van der Waals surface area (Å²) in [4.78, 5) is 15.2. The first-order valence-electron chi connectivity index (χ1n) is 4.68. The number of Topliss-reactive ketones (excluding diaryl/α,β-unsaturated/α-hetero) is 1. The van der Waals surface area contributed by atoms with Gasteiger partial charge in [-0.1, -0.05) is 6.07 Å². The van der Waals surface area contributed by atoms with Crippen molar-refractivity contribution < 1.29 is 25.2 Å². The maximum atomic E-state index is 11.5. The molecule has 6 nitrogen and oxygen atoms in total. The van der Waals surface area contributed by atoms with Gasteiger partial charge in [0.15, 0.2) is 0 Å². The largest absolute Gasteiger partial charge is 0.394 e. The van der Waals surface area contributed by atoms with Crippen molar-refractivity contribution in [1.82, 2.24) is 4.98 Å². The van der Waals surface area contributed by atoms with Crippen molar-refractivity contribution in [2.45, 2.75) is 18.3 Å². The minimum absolute atomic E-state index is 0.0146. The Balaban J connectivity index is 2.75. The van der Waals surface area contributed by atoms with Crippen LogP contribution in [-0.2, 0) is 0 Å². The zero-order chi connectivity index (χ0) is 12.1. The van der Waals surface area contributed by atoms with Crippen molar-refractivity contribution in [3.05, 3.63) is 30.1 Å². The number of rotatable bonds is 5. The molecule has 0 radical (unpaired) electrons. The van der Waals surface area contributed by atoms with Crippen molar-refractivity contribution in [1.29, 1.82) is 0 Å². The summed E-state index contributed by atoms with van der Waals surface area (Å²) in [5.41, 5.74) is -0.0146. The summed E-state index contributed by atoms with van der Waals surface area (Å²) in [6.07, 6.45) is -3.74. The minimum Gasteiger partial charge on any atom is -0.394 e. The summed E-state index contributed by atoms with van der Waals surface area (Å²) in [5.74, 6) is -0.805. The van der Waals surface area contributed by atoms with Crippen LogP contribution in [0.2, 0.25) is 0 Å². The van der Waals surface area contributed by atoms with Gasteiger partial charge in [0.25, 0.3) is 0 Å². The molecule has 0 bridgehead atoms. The molecule has 0 saturated heterocycles. The van der Waals surface area contributed by atoms with Gasteiger partial charge in [-0.3, -0.25) is 9.78 Å². The molecule has 0 aliphatic heterocycles. The number of hydrogen-bond acceptors (Lipinski definition) is 6. The van der Waals surface area contributed by atoms with Crippen LogP contribution in [0.5, 0.6) is 0 Å². The third-order valence-electron chi connectivity index (χ3n) is 2.09. The standard InChI is InChI=1S/C10H13NO5/c12-5-7(13)9(15)10(16)8(14)6-3-1-2-4-11-6/h1-4,7,9-10,12-13,15-16H,5H2/t7-,9-,10+/m1/s1. The molecule has 4 N–H and O–H groups in total. The van der Waals surface area contributed by atoms with E-state index in [2.05, 4.69) is 4.98 Å². The number of aromatic nitrogens is 1. The lowest BCUT2D eigenvalue weighted by Gasteiger charge is -2.19. The Bertz CT molecular complexity index is 342. The lowest BCUT2D eigenvalue weighted by Crippen LogP contribution is -2.44. The normalized spacial score (nSPS) is 16.5. The molecular formula is C10H13NO5. The lowest BCUT2D eigenvalue weighted by molar-refractivity contribution is -0.0647. The summed E-state index contributed by atoms with van der Waals surface area (Å²) in [5, 5.41) is 36.4. The van der Waals surface area contributed by atoms with E-state index in [1.54, 1.807) is 12.1 Å². The first-order valence-corrected chi connectivity index (χ1v) is 4.68. The van der Waals surface area contributed by atoms with Gasteiger partial charge >= 0.3 is 0 Å². The average Bonchev–Trinajstić information content (AvgIpc) is 2.36. The highest BCUT2D eigenvalue weighted by Gasteiger charge is 2.30. The monoisotopic (exact) mass is 227 g/mol. The second kappa shape index (κ2) is 5.66. The molecule has 0 amide bonds. The van der Waals surface area contributed by atoms with Crippen LogP contribution in [0.3, 0.4) is 0 Å². The van der Waals surface area contributed by atoms with Crippen LogP contribution in [-0.4, -0.2) is 56.1 Å². The Labute approximate surface area is 91.8 Å². The van der Waals surface area contributed by atoms with Gasteiger partial charge < -0.3 is 20.4 Å². The van der Waals surface area contributed by atoms with Crippen LogP contribution in [0.25, 0.3) is 0 Å². The molecule has 3 atom stereocenters. The molecule has 0 aliphatic rings. The summed E-state index contributed by atoms with van der Waals surface area (Å²) >= 11 is 0. The fourth-order valence-electron chi connectivity index (χ4n) is 1.13. The number of aliphatic hydroxyl groups is 4. The van der Waals surface area contributed by atoms with Crippen LogP contribution in [0, 0.1) is 0 Å². The zero-order valence-corrected chi connectivity index (χ0v) is 8.39. The number of ketones is 1. The minimum atomic E-state index is -1.81. The van der Waals surface area contributed by atoms with Gasteiger partial charge in [-0.2, -0.15) is 0 Å². The van der Waals surface area contributed by atoms with E-state index in [9.17, 15) is 15.0 Å². The second-order valence-corrected chi connectivity index (χ2v) is 3.26. The van der Waals surface area contributed by atoms with E-state index in [-0.39, 0.29) is 5.69 Å². The zero-order valence-electron chi connectivity index (χ0n) is 8.39. The number of hydrogen-bond donors (Lipinski definition) is 4. The molecule has 0 saturated carbocycles. The molecule has 0 spiro atoms. The molecule has 0 aromatic carbocycles. The molecule has 0 fully saturated rings. The number of carbonyl (C=O) groups excluding carboxylic acids is 1. The Hall–Kier alpha value is -1.34. The Kier molecular flexibility index (Phi) is 4.51. The van der Waals surface area contributed by atoms with Gasteiger partial charge in [0.1, 0.15) is 24.0 Å². The third-order valence-corrected chi connectivity index (χ3v) is 2.09. The van der Waals surface area contributed by atoms with E-state index in [1.807, 2.05) is 0 Å². The average molecular weight is 227 g/mol. The van der Waals surface area contributed by atoms with Crippen LogP contribution in [0.15, 0.2) is 24.4 Å². The van der Waals surface area contributed by atoms with Crippen molar-refractivity contribution in [3.63, 3.8) is 0 Å². The van der Waals surface area contributed by atoms with E-state index in [4.69, 9.17) is 10.2 Å². The molecule has 0 unspecified atom stereocenters. The molecule has 16 heavy (non-hydrogen) atoms. The fraction of sp³-hybridized carbons (Fsp3) is 0.400. The molecular weight excluding hydrogens is 214 g/mol. The summed E-state index contributed by atoms with van der Waals surface area (Å²) in [7, 11) is 0. The number of aliphatic hydroxyl groups excluding tert-OH is 4. The number of nitrogens with zero attached hydrogens (tertiary/aromatic N) is 1. The molecule has 1 rings (SSSR count). The molecule has 0 aliphatic carbocycles. The van der Waals surface area contributed by atoms with E-state index in [1.165, 1.54) is 12.3 Å². The molecule has 1 aromatic rings. The lowest BCUT2D eigenvalue weighted by atomic mass is 10.0. The number of carbonyl (C=O) groups is 1. The topological polar surface area (TPSA) is 111 Å². The summed E-state index contributed by atoms with van der Waals surface area (Å²) < 4.78 is 0. The quantitative estimate of drug-likeness (QED) is 0.448. The van der Waals surface area contributed by atoms with E-state index >= 15 is 0 Å². The Morgan fingerprint density at radius 2 is 2.00 bits per heavy atom. The molecule has 1 aromatic heterocycles. The van der Waals surface area contributed by atoms with Crippen molar-refractivity contribution in [3.8, 4) is 0 Å². The smallest absolute Gasteiger partial charge is 0.212 e. The number of pyridine rings is 1. The predicted molar refractivity (Wildman–Crippen MR) is 53.7 cm³/mol. The first-order chi connectivity index (χ1) is 7.57. The van der Waals surface area contributed by atoms with Gasteiger partial charge in [-0.15, -0.1) is 0 Å². The van der Waals surface area contributed by atoms with Crippen molar-refractivity contribution in [2.24, 2.45) is 0 Å². The van der Waals surface area contributed by atoms with Gasteiger partial charge in [-0.25, -0.2) is 0 Å². The fourth-order valence-corrected chi connectivity index (χ4v) is 1.13. The summed E-state index contributed by atoms with van der Waals surface area (Å²) in [6.45, 7) is -0.742. The van der Waals surface area contributed by atoms with Gasteiger partial charge in [0, 0.05) is 6.20 Å². The SMILES string of the molecule is O=C(c1ccccn1)[C@H](O)[C@H](O)[C@H](O)CO. The highest BCUT2D eigenvalue weighted by atomic mass is 16.4. The van der Waals surface area contributed by atoms with Crippen molar-refractivity contribution in [2.75, 3.05) is 6.61 Å². The summed E-state index contributed by atoms with van der Waals surface area (Å²) in [6, 6.07) is 4.54. The molecule has 1 heterocycles. The maximum Gasteiger partial charge on any atom is 0.212 e. The molecule has 6 heteroatoms. The maximum absolute atomic E-state index is 11.5. The highest BCUT2D eigenvalue weighted by Crippen LogP contribution is 2.06. The van der Waals surface area contributed by atoms with Crippen LogP contribution >= 0.6 is 0 Å². The van der Waals surface area contributed by atoms with Gasteiger partial charge in [-0.05, 0) is 12.1 Å².